The van der Waals surface area contributed by atoms with E-state index < -0.39 is 5.60 Å². The highest BCUT2D eigenvalue weighted by atomic mass is 16.5. The van der Waals surface area contributed by atoms with Crippen molar-refractivity contribution in [2.75, 3.05) is 6.61 Å². The Morgan fingerprint density at radius 3 is 2.83 bits per heavy atom. The predicted molar refractivity (Wildman–Crippen MR) is 46.6 cm³/mol. The maximum Gasteiger partial charge on any atom is 0.0889 e. The fraction of sp³-hybridized carbons (Fsp3) is 0.800. The van der Waals surface area contributed by atoms with E-state index in [1.165, 1.54) is 12.8 Å². The summed E-state index contributed by atoms with van der Waals surface area (Å²) in [6.45, 7) is 2.73. The van der Waals surface area contributed by atoms with Crippen LogP contribution in [0.5, 0.6) is 0 Å². The molecule has 0 bridgehead atoms. The molecule has 0 aromatic carbocycles. The molecule has 0 aromatic rings. The molecule has 2 nitrogen and oxygen atoms in total. The fourth-order valence-corrected chi connectivity index (χ4v) is 1.84. The highest BCUT2D eigenvalue weighted by Gasteiger charge is 2.42. The van der Waals surface area contributed by atoms with Crippen LogP contribution in [0.4, 0.5) is 0 Å². The Labute approximate surface area is 73.2 Å². The van der Waals surface area contributed by atoms with Gasteiger partial charge in [-0.3, -0.25) is 0 Å². The molecule has 1 aliphatic carbocycles. The molecule has 0 aromatic heterocycles. The van der Waals surface area contributed by atoms with Crippen molar-refractivity contribution in [2.45, 2.75) is 38.2 Å². The average molecular weight is 168 g/mol. The third kappa shape index (κ3) is 1.36. The van der Waals surface area contributed by atoms with E-state index in [0.29, 0.717) is 5.92 Å². The van der Waals surface area contributed by atoms with E-state index in [-0.39, 0.29) is 0 Å². The van der Waals surface area contributed by atoms with Crippen molar-refractivity contribution in [1.82, 2.24) is 0 Å². The minimum Gasteiger partial charge on any atom is -0.501 e. The van der Waals surface area contributed by atoms with Crippen molar-refractivity contribution in [3.63, 3.8) is 0 Å². The molecular weight excluding hydrogens is 152 g/mol. The first-order chi connectivity index (χ1) is 5.71. The van der Waals surface area contributed by atoms with Crippen LogP contribution < -0.4 is 0 Å². The van der Waals surface area contributed by atoms with E-state index in [9.17, 15) is 5.11 Å². The van der Waals surface area contributed by atoms with Crippen LogP contribution >= 0.6 is 0 Å². The van der Waals surface area contributed by atoms with Crippen molar-refractivity contribution in [2.24, 2.45) is 5.92 Å². The van der Waals surface area contributed by atoms with Crippen LogP contribution in [0.25, 0.3) is 0 Å². The van der Waals surface area contributed by atoms with Gasteiger partial charge in [0.05, 0.1) is 18.5 Å². The van der Waals surface area contributed by atoms with E-state index in [4.69, 9.17) is 4.74 Å². The summed E-state index contributed by atoms with van der Waals surface area (Å²) in [5.74, 6) is 0.491. The Balaban J connectivity index is 2.09. The van der Waals surface area contributed by atoms with Crippen LogP contribution in [-0.2, 0) is 4.74 Å². The maximum atomic E-state index is 10.1. The highest BCUT2D eigenvalue weighted by molar-refractivity contribution is 5.18. The van der Waals surface area contributed by atoms with Gasteiger partial charge in [-0.15, -0.1) is 0 Å². The molecule has 0 amide bonds. The van der Waals surface area contributed by atoms with E-state index in [1.807, 2.05) is 6.92 Å². The first-order valence-corrected chi connectivity index (χ1v) is 4.75. The topological polar surface area (TPSA) is 29.5 Å². The van der Waals surface area contributed by atoms with Gasteiger partial charge in [0.2, 0.25) is 0 Å². The quantitative estimate of drug-likeness (QED) is 0.681. The van der Waals surface area contributed by atoms with E-state index >= 15 is 0 Å². The van der Waals surface area contributed by atoms with Gasteiger partial charge in [0, 0.05) is 0 Å². The SMILES string of the molecule is CC(O)(C1=COCCC1)C1CC1. The molecule has 2 heteroatoms. The summed E-state index contributed by atoms with van der Waals surface area (Å²) in [5.41, 5.74) is 0.511. The van der Waals surface area contributed by atoms with Gasteiger partial charge in [-0.25, -0.2) is 0 Å². The lowest BCUT2D eigenvalue weighted by Gasteiger charge is -2.28. The molecule has 12 heavy (non-hydrogen) atoms. The second kappa shape index (κ2) is 2.77. The molecule has 1 saturated carbocycles. The lowest BCUT2D eigenvalue weighted by atomic mass is 9.88. The summed E-state index contributed by atoms with van der Waals surface area (Å²) >= 11 is 0. The van der Waals surface area contributed by atoms with Crippen molar-refractivity contribution in [3.05, 3.63) is 11.8 Å². The molecule has 2 aliphatic rings. The molecule has 1 fully saturated rings. The van der Waals surface area contributed by atoms with Crippen molar-refractivity contribution in [1.29, 1.82) is 0 Å². The van der Waals surface area contributed by atoms with Crippen molar-refractivity contribution < 1.29 is 9.84 Å². The summed E-state index contributed by atoms with van der Waals surface area (Å²) in [7, 11) is 0. The zero-order valence-electron chi connectivity index (χ0n) is 7.55. The van der Waals surface area contributed by atoms with E-state index in [2.05, 4.69) is 0 Å². The van der Waals surface area contributed by atoms with Crippen molar-refractivity contribution in [3.8, 4) is 0 Å². The summed E-state index contributed by atoms with van der Waals surface area (Å²) in [5, 5.41) is 10.1. The Kier molecular flexibility index (Phi) is 1.87. The largest absolute Gasteiger partial charge is 0.501 e. The molecule has 0 spiro atoms. The third-order valence-electron chi connectivity index (χ3n) is 2.96. The average Bonchev–Trinajstić information content (AvgIpc) is 2.88. The van der Waals surface area contributed by atoms with Gasteiger partial charge < -0.3 is 9.84 Å². The first kappa shape index (κ1) is 8.11. The van der Waals surface area contributed by atoms with Crippen LogP contribution in [0.15, 0.2) is 11.8 Å². The van der Waals surface area contributed by atoms with Gasteiger partial charge in [0.1, 0.15) is 0 Å². The van der Waals surface area contributed by atoms with Crippen LogP contribution in [0, 0.1) is 5.92 Å². The zero-order chi connectivity index (χ0) is 8.60. The molecule has 1 unspecified atom stereocenters. The standard InChI is InChI=1S/C10H16O2/c1-10(11,8-4-5-8)9-3-2-6-12-7-9/h7-8,11H,2-6H2,1H3. The van der Waals surface area contributed by atoms with Gasteiger partial charge in [-0.1, -0.05) is 0 Å². The van der Waals surface area contributed by atoms with Gasteiger partial charge >= 0.3 is 0 Å². The second-order valence-electron chi connectivity index (χ2n) is 4.04. The molecular formula is C10H16O2. The summed E-state index contributed by atoms with van der Waals surface area (Å²) in [6.07, 6.45) is 6.16. The lowest BCUT2D eigenvalue weighted by molar-refractivity contribution is 0.0591. The molecule has 1 heterocycles. The number of rotatable bonds is 2. The van der Waals surface area contributed by atoms with Crippen LogP contribution in [0.2, 0.25) is 0 Å². The van der Waals surface area contributed by atoms with Crippen molar-refractivity contribution >= 4 is 0 Å². The van der Waals surface area contributed by atoms with Crippen LogP contribution in [-0.4, -0.2) is 17.3 Å². The summed E-state index contributed by atoms with van der Waals surface area (Å²) in [4.78, 5) is 0. The van der Waals surface area contributed by atoms with Crippen LogP contribution in [0.3, 0.4) is 0 Å². The smallest absolute Gasteiger partial charge is 0.0889 e. The molecule has 2 rings (SSSR count). The number of hydrogen-bond acceptors (Lipinski definition) is 2. The Morgan fingerprint density at radius 1 is 1.58 bits per heavy atom. The van der Waals surface area contributed by atoms with Gasteiger partial charge in [-0.05, 0) is 44.1 Å². The second-order valence-corrected chi connectivity index (χ2v) is 4.04. The van der Waals surface area contributed by atoms with Gasteiger partial charge in [0.15, 0.2) is 0 Å². The Bertz CT molecular complexity index is 202. The first-order valence-electron chi connectivity index (χ1n) is 4.75. The predicted octanol–water partition coefficient (Wildman–Crippen LogP) is 1.84. The lowest BCUT2D eigenvalue weighted by Crippen LogP contribution is -2.31. The molecule has 1 atom stereocenters. The monoisotopic (exact) mass is 168 g/mol. The van der Waals surface area contributed by atoms with Crippen LogP contribution in [0.1, 0.15) is 32.6 Å². The summed E-state index contributed by atoms with van der Waals surface area (Å²) in [6, 6.07) is 0. The zero-order valence-corrected chi connectivity index (χ0v) is 7.55. The molecule has 68 valence electrons. The van der Waals surface area contributed by atoms with Gasteiger partial charge in [-0.2, -0.15) is 0 Å². The summed E-state index contributed by atoms with van der Waals surface area (Å²) < 4.78 is 5.22. The molecule has 1 N–H and O–H groups in total. The minimum absolute atomic E-state index is 0.491. The minimum atomic E-state index is -0.583. The van der Waals surface area contributed by atoms with E-state index in [0.717, 1.165) is 25.0 Å². The van der Waals surface area contributed by atoms with E-state index in [1.54, 1.807) is 6.26 Å². The fourth-order valence-electron chi connectivity index (χ4n) is 1.84. The number of aliphatic hydroxyl groups is 1. The molecule has 1 aliphatic heterocycles. The highest BCUT2D eigenvalue weighted by Crippen LogP contribution is 2.44. The molecule has 0 radical (unpaired) electrons. The number of ether oxygens (including phenoxy) is 1. The van der Waals surface area contributed by atoms with Gasteiger partial charge in [0.25, 0.3) is 0 Å². The maximum absolute atomic E-state index is 10.1. The normalized spacial score (nSPS) is 28.7. The Morgan fingerprint density at radius 2 is 2.33 bits per heavy atom. The Hall–Kier alpha value is -0.500. The number of hydrogen-bond donors (Lipinski definition) is 1. The molecule has 0 saturated heterocycles. The third-order valence-corrected chi connectivity index (χ3v) is 2.96.